The second-order valence-corrected chi connectivity index (χ2v) is 6.17. The number of carbonyl (C=O) groups excluding carboxylic acids is 1. The fraction of sp³-hybridized carbons (Fsp3) is 0.188. The third-order valence-corrected chi connectivity index (χ3v) is 4.25. The van der Waals surface area contributed by atoms with E-state index in [2.05, 4.69) is 4.98 Å². The Hall–Kier alpha value is -2.58. The van der Waals surface area contributed by atoms with Gasteiger partial charge >= 0.3 is 5.97 Å². The molecule has 3 rings (SSSR count). The Labute approximate surface area is 139 Å². The molecule has 6 nitrogen and oxygen atoms in total. The number of hydrogen-bond donors (Lipinski definition) is 1. The summed E-state index contributed by atoms with van der Waals surface area (Å²) < 4.78 is 19.7. The van der Waals surface area contributed by atoms with Crippen molar-refractivity contribution >= 4 is 22.3 Å². The Bertz CT molecular complexity index is 964. The molecule has 0 unspecified atom stereocenters. The number of carbonyl (C=O) groups is 1. The van der Waals surface area contributed by atoms with Crippen LogP contribution in [0, 0.1) is 5.82 Å². The van der Waals surface area contributed by atoms with Gasteiger partial charge in [0, 0.05) is 17.6 Å². The molecular formula is C16H13FN2O4S. The number of aliphatic hydroxyl groups is 1. The molecule has 124 valence electrons. The molecule has 0 saturated carbocycles. The molecule has 0 saturated heterocycles. The predicted molar refractivity (Wildman–Crippen MR) is 85.1 cm³/mol. The summed E-state index contributed by atoms with van der Waals surface area (Å²) in [4.78, 5) is 28.7. The maximum atomic E-state index is 13.3. The van der Waals surface area contributed by atoms with E-state index in [1.165, 1.54) is 46.9 Å². The molecule has 2 heterocycles. The van der Waals surface area contributed by atoms with E-state index in [1.54, 1.807) is 11.6 Å². The van der Waals surface area contributed by atoms with Crippen molar-refractivity contribution in [2.75, 3.05) is 0 Å². The highest BCUT2D eigenvalue weighted by molar-refractivity contribution is 7.15. The van der Waals surface area contributed by atoms with Gasteiger partial charge in [0.05, 0.1) is 5.69 Å². The Balaban J connectivity index is 1.77. The van der Waals surface area contributed by atoms with Crippen LogP contribution in [-0.2, 0) is 21.7 Å². The van der Waals surface area contributed by atoms with E-state index in [4.69, 9.17) is 4.74 Å². The minimum atomic E-state index is -2.01. The first-order valence-corrected chi connectivity index (χ1v) is 7.87. The maximum absolute atomic E-state index is 13.3. The van der Waals surface area contributed by atoms with Gasteiger partial charge in [-0.05, 0) is 24.6 Å². The third-order valence-electron chi connectivity index (χ3n) is 3.49. The smallest absolute Gasteiger partial charge is 0.342 e. The first-order valence-electron chi connectivity index (χ1n) is 6.99. The summed E-state index contributed by atoms with van der Waals surface area (Å²) in [6.45, 7) is 0.947. The van der Waals surface area contributed by atoms with Crippen molar-refractivity contribution in [2.24, 2.45) is 0 Å². The SMILES string of the molecule is C[C@](O)(C(=O)OCc1cc(=O)n2ccsc2n1)c1cccc(F)c1. The van der Waals surface area contributed by atoms with Crippen LogP contribution in [0.1, 0.15) is 18.2 Å². The topological polar surface area (TPSA) is 80.9 Å². The van der Waals surface area contributed by atoms with E-state index in [0.717, 1.165) is 6.07 Å². The molecule has 0 aliphatic rings. The molecule has 0 fully saturated rings. The van der Waals surface area contributed by atoms with Crippen LogP contribution in [0.4, 0.5) is 4.39 Å². The molecule has 1 aromatic carbocycles. The normalized spacial score (nSPS) is 13.6. The molecule has 0 amide bonds. The molecule has 0 bridgehead atoms. The second-order valence-electron chi connectivity index (χ2n) is 5.30. The highest BCUT2D eigenvalue weighted by atomic mass is 32.1. The third kappa shape index (κ3) is 3.06. The van der Waals surface area contributed by atoms with Crippen molar-refractivity contribution in [1.29, 1.82) is 0 Å². The number of fused-ring (bicyclic) bond motifs is 1. The number of rotatable bonds is 4. The first-order chi connectivity index (χ1) is 11.4. The van der Waals surface area contributed by atoms with E-state index in [0.29, 0.717) is 4.96 Å². The van der Waals surface area contributed by atoms with Gasteiger partial charge in [-0.15, -0.1) is 11.3 Å². The van der Waals surface area contributed by atoms with Crippen molar-refractivity contribution in [3.05, 3.63) is 69.3 Å². The van der Waals surface area contributed by atoms with E-state index in [1.807, 2.05) is 0 Å². The molecule has 24 heavy (non-hydrogen) atoms. The molecule has 1 atom stereocenters. The van der Waals surface area contributed by atoms with Gasteiger partial charge in [0.2, 0.25) is 0 Å². The van der Waals surface area contributed by atoms with Crippen molar-refractivity contribution < 1.29 is 19.0 Å². The fourth-order valence-electron chi connectivity index (χ4n) is 2.15. The number of halogens is 1. The molecule has 0 aliphatic carbocycles. The monoisotopic (exact) mass is 348 g/mol. The number of thiazole rings is 1. The molecular weight excluding hydrogens is 335 g/mol. The summed E-state index contributed by atoms with van der Waals surface area (Å²) in [5.41, 5.74) is -1.95. The minimum Gasteiger partial charge on any atom is -0.457 e. The lowest BCUT2D eigenvalue weighted by Gasteiger charge is -2.21. The molecule has 1 N–H and O–H groups in total. The van der Waals surface area contributed by atoms with Crippen LogP contribution in [0.15, 0.2) is 46.7 Å². The van der Waals surface area contributed by atoms with Crippen molar-refractivity contribution in [1.82, 2.24) is 9.38 Å². The van der Waals surface area contributed by atoms with Crippen LogP contribution in [0.5, 0.6) is 0 Å². The zero-order valence-electron chi connectivity index (χ0n) is 12.6. The van der Waals surface area contributed by atoms with Gasteiger partial charge < -0.3 is 9.84 Å². The highest BCUT2D eigenvalue weighted by Gasteiger charge is 2.34. The average Bonchev–Trinajstić information content (AvgIpc) is 3.01. The largest absolute Gasteiger partial charge is 0.457 e. The Morgan fingerprint density at radius 3 is 3.00 bits per heavy atom. The average molecular weight is 348 g/mol. The van der Waals surface area contributed by atoms with Crippen LogP contribution < -0.4 is 5.56 Å². The first kappa shape index (κ1) is 16.3. The number of aromatic nitrogens is 2. The Kier molecular flexibility index (Phi) is 4.16. The van der Waals surface area contributed by atoms with E-state index in [9.17, 15) is 19.1 Å². The number of ether oxygens (including phenoxy) is 1. The minimum absolute atomic E-state index is 0.0780. The molecule has 0 spiro atoms. The lowest BCUT2D eigenvalue weighted by atomic mass is 9.96. The van der Waals surface area contributed by atoms with Crippen LogP contribution in [0.2, 0.25) is 0 Å². The highest BCUT2D eigenvalue weighted by Crippen LogP contribution is 2.23. The zero-order chi connectivity index (χ0) is 17.3. The van der Waals surface area contributed by atoms with Crippen LogP contribution in [0.25, 0.3) is 4.96 Å². The number of benzene rings is 1. The molecule has 0 aliphatic heterocycles. The van der Waals surface area contributed by atoms with Gasteiger partial charge in [-0.3, -0.25) is 9.20 Å². The molecule has 8 heteroatoms. The van der Waals surface area contributed by atoms with Gasteiger partial charge in [-0.2, -0.15) is 0 Å². The van der Waals surface area contributed by atoms with Crippen LogP contribution in [-0.4, -0.2) is 20.5 Å². The molecule has 3 aromatic rings. The van der Waals surface area contributed by atoms with E-state index >= 15 is 0 Å². The summed E-state index contributed by atoms with van der Waals surface area (Å²) in [6, 6.07) is 6.33. The summed E-state index contributed by atoms with van der Waals surface area (Å²) >= 11 is 1.27. The summed E-state index contributed by atoms with van der Waals surface area (Å²) in [7, 11) is 0. The Morgan fingerprint density at radius 2 is 2.25 bits per heavy atom. The maximum Gasteiger partial charge on any atom is 0.342 e. The number of nitrogens with zero attached hydrogens (tertiary/aromatic N) is 2. The van der Waals surface area contributed by atoms with E-state index in [-0.39, 0.29) is 23.4 Å². The van der Waals surface area contributed by atoms with Crippen molar-refractivity contribution in [3.8, 4) is 0 Å². The van der Waals surface area contributed by atoms with Gasteiger partial charge in [0.1, 0.15) is 12.4 Å². The van der Waals surface area contributed by atoms with Gasteiger partial charge in [-0.1, -0.05) is 12.1 Å². The Morgan fingerprint density at radius 1 is 1.46 bits per heavy atom. The van der Waals surface area contributed by atoms with Gasteiger partial charge in [0.25, 0.3) is 5.56 Å². The standard InChI is InChI=1S/C16H13FN2O4S/c1-16(22,10-3-2-4-11(17)7-10)14(21)23-9-12-8-13(20)19-5-6-24-15(19)18-12/h2-8,22H,9H2,1H3/t16-/m1/s1. The lowest BCUT2D eigenvalue weighted by molar-refractivity contribution is -0.166. The lowest BCUT2D eigenvalue weighted by Crippen LogP contribution is -2.34. The summed E-state index contributed by atoms with van der Waals surface area (Å²) in [5, 5.41) is 12.0. The van der Waals surface area contributed by atoms with Crippen LogP contribution in [0.3, 0.4) is 0 Å². The predicted octanol–water partition coefficient (Wildman–Crippen LogP) is 1.85. The number of esters is 1. The summed E-state index contributed by atoms with van der Waals surface area (Å²) in [5.74, 6) is -1.53. The zero-order valence-corrected chi connectivity index (χ0v) is 13.4. The van der Waals surface area contributed by atoms with Gasteiger partial charge in [-0.25, -0.2) is 14.2 Å². The van der Waals surface area contributed by atoms with Gasteiger partial charge in [0.15, 0.2) is 10.6 Å². The summed E-state index contributed by atoms with van der Waals surface area (Å²) in [6.07, 6.45) is 1.60. The van der Waals surface area contributed by atoms with Crippen LogP contribution >= 0.6 is 11.3 Å². The molecule has 0 radical (unpaired) electrons. The fourth-order valence-corrected chi connectivity index (χ4v) is 2.89. The molecule has 2 aromatic heterocycles. The second kappa shape index (κ2) is 6.14. The van der Waals surface area contributed by atoms with E-state index < -0.39 is 17.4 Å². The van der Waals surface area contributed by atoms with Crippen molar-refractivity contribution in [3.63, 3.8) is 0 Å². The number of hydrogen-bond acceptors (Lipinski definition) is 6. The quantitative estimate of drug-likeness (QED) is 0.728. The van der Waals surface area contributed by atoms with Crippen molar-refractivity contribution in [2.45, 2.75) is 19.1 Å².